The Morgan fingerprint density at radius 3 is 1.82 bits per heavy atom. The first-order chi connectivity index (χ1) is 18.8. The van der Waals surface area contributed by atoms with E-state index in [4.69, 9.17) is 0 Å². The maximum absolute atomic E-state index is 2.33. The summed E-state index contributed by atoms with van der Waals surface area (Å²) in [4.78, 5) is 2.33. The first-order valence-electron chi connectivity index (χ1n) is 12.9. The third-order valence-corrected chi connectivity index (χ3v) is 8.29. The largest absolute Gasteiger partial charge is 0.310 e. The van der Waals surface area contributed by atoms with Crippen molar-refractivity contribution in [2.75, 3.05) is 4.90 Å². The molecule has 0 atom stereocenters. The summed E-state index contributed by atoms with van der Waals surface area (Å²) in [6, 6.07) is 54.3. The summed E-state index contributed by atoms with van der Waals surface area (Å²) in [5.74, 6) is 0. The quantitative estimate of drug-likeness (QED) is 0.226. The highest BCUT2D eigenvalue weighted by Crippen LogP contribution is 2.41. The second-order valence-electron chi connectivity index (χ2n) is 9.41. The van der Waals surface area contributed by atoms with Crippen LogP contribution < -0.4 is 4.90 Å². The van der Waals surface area contributed by atoms with Crippen LogP contribution in [0.3, 0.4) is 0 Å². The first-order valence-corrected chi connectivity index (χ1v) is 13.7. The number of para-hydroxylation sites is 1. The molecule has 0 N–H and O–H groups in total. The van der Waals surface area contributed by atoms with Gasteiger partial charge in [0.05, 0.1) is 0 Å². The summed E-state index contributed by atoms with van der Waals surface area (Å²) >= 11 is 1.88. The second kappa shape index (κ2) is 9.66. The molecule has 0 fully saturated rings. The Labute approximate surface area is 226 Å². The summed E-state index contributed by atoms with van der Waals surface area (Å²) in [6.07, 6.45) is 0. The van der Waals surface area contributed by atoms with E-state index in [1.165, 1.54) is 42.4 Å². The smallest absolute Gasteiger partial charge is 0.0467 e. The second-order valence-corrected chi connectivity index (χ2v) is 10.5. The van der Waals surface area contributed by atoms with Crippen molar-refractivity contribution >= 4 is 48.6 Å². The highest BCUT2D eigenvalue weighted by Gasteiger charge is 2.15. The van der Waals surface area contributed by atoms with E-state index >= 15 is 0 Å². The van der Waals surface area contributed by atoms with E-state index in [0.29, 0.717) is 0 Å². The van der Waals surface area contributed by atoms with Crippen molar-refractivity contribution in [2.45, 2.75) is 0 Å². The SMILES string of the molecule is c1ccc(-c2cccc(N(c3ccccc3)c3ccc(-c4cccc5c4sc4ccccc45)cc3)c2)cc1. The molecule has 0 radical (unpaired) electrons. The number of thiophene rings is 1. The molecule has 0 spiro atoms. The maximum Gasteiger partial charge on any atom is 0.0467 e. The Kier molecular flexibility index (Phi) is 5.73. The molecule has 0 saturated heterocycles. The standard InChI is InChI=1S/C36H25NS/c1-3-11-26(12-4-1)28-13-9-16-31(25-28)37(29-14-5-2-6-15-29)30-23-21-27(22-24-30)32-18-10-19-34-33-17-7-8-20-35(33)38-36(32)34/h1-25H. The molecule has 0 unspecified atom stereocenters. The topological polar surface area (TPSA) is 3.24 Å². The summed E-state index contributed by atoms with van der Waals surface area (Å²) < 4.78 is 2.68. The zero-order chi connectivity index (χ0) is 25.3. The van der Waals surface area contributed by atoms with Crippen LogP contribution in [0.25, 0.3) is 42.4 Å². The molecule has 0 aliphatic heterocycles. The van der Waals surface area contributed by atoms with E-state index in [1.807, 2.05) is 11.3 Å². The van der Waals surface area contributed by atoms with Gasteiger partial charge in [-0.1, -0.05) is 109 Å². The zero-order valence-corrected chi connectivity index (χ0v) is 21.6. The van der Waals surface area contributed by atoms with E-state index in [1.54, 1.807) is 0 Å². The van der Waals surface area contributed by atoms with Crippen molar-refractivity contribution < 1.29 is 0 Å². The minimum Gasteiger partial charge on any atom is -0.310 e. The van der Waals surface area contributed by atoms with Crippen LogP contribution in [0.15, 0.2) is 152 Å². The predicted molar refractivity (Wildman–Crippen MR) is 165 cm³/mol. The maximum atomic E-state index is 2.33. The molecule has 1 heterocycles. The Balaban J connectivity index is 1.32. The Hall–Kier alpha value is -4.66. The van der Waals surface area contributed by atoms with Gasteiger partial charge in [0.1, 0.15) is 0 Å². The molecule has 7 aromatic rings. The fourth-order valence-corrected chi connectivity index (χ4v) is 6.48. The fourth-order valence-electron chi connectivity index (χ4n) is 5.24. The van der Waals surface area contributed by atoms with Gasteiger partial charge in [0.25, 0.3) is 0 Å². The van der Waals surface area contributed by atoms with Crippen molar-refractivity contribution in [1.29, 1.82) is 0 Å². The first kappa shape index (κ1) is 22.5. The molecular weight excluding hydrogens is 478 g/mol. The molecule has 0 amide bonds. The van der Waals surface area contributed by atoms with Gasteiger partial charge in [-0.15, -0.1) is 11.3 Å². The summed E-state index contributed by atoms with van der Waals surface area (Å²) in [5.41, 5.74) is 8.35. The number of benzene rings is 6. The molecule has 2 heteroatoms. The van der Waals surface area contributed by atoms with Crippen molar-refractivity contribution in [2.24, 2.45) is 0 Å². The molecule has 0 saturated carbocycles. The lowest BCUT2D eigenvalue weighted by Crippen LogP contribution is -2.09. The molecule has 38 heavy (non-hydrogen) atoms. The summed E-state index contributed by atoms with van der Waals surface area (Å²) in [6.45, 7) is 0. The van der Waals surface area contributed by atoms with Crippen molar-refractivity contribution in [1.82, 2.24) is 0 Å². The van der Waals surface area contributed by atoms with E-state index in [2.05, 4.69) is 157 Å². The number of nitrogens with zero attached hydrogens (tertiary/aromatic N) is 1. The molecule has 6 aromatic carbocycles. The number of anilines is 3. The summed E-state index contributed by atoms with van der Waals surface area (Å²) in [5, 5.41) is 2.66. The normalized spacial score (nSPS) is 11.2. The van der Waals surface area contributed by atoms with Crippen LogP contribution in [0.4, 0.5) is 17.1 Å². The van der Waals surface area contributed by atoms with Crippen LogP contribution in [0.1, 0.15) is 0 Å². The molecule has 0 bridgehead atoms. The van der Waals surface area contributed by atoms with E-state index < -0.39 is 0 Å². The zero-order valence-electron chi connectivity index (χ0n) is 20.8. The highest BCUT2D eigenvalue weighted by atomic mass is 32.1. The average molecular weight is 504 g/mol. The fraction of sp³-hybridized carbons (Fsp3) is 0. The van der Waals surface area contributed by atoms with Gasteiger partial charge >= 0.3 is 0 Å². The number of hydrogen-bond acceptors (Lipinski definition) is 2. The molecule has 0 aliphatic carbocycles. The van der Waals surface area contributed by atoms with Crippen LogP contribution in [-0.2, 0) is 0 Å². The number of hydrogen-bond donors (Lipinski definition) is 0. The van der Waals surface area contributed by atoms with Crippen LogP contribution in [-0.4, -0.2) is 0 Å². The van der Waals surface area contributed by atoms with Crippen LogP contribution in [0.2, 0.25) is 0 Å². The number of fused-ring (bicyclic) bond motifs is 3. The van der Waals surface area contributed by atoms with Gasteiger partial charge in [-0.2, -0.15) is 0 Å². The molecule has 1 nitrogen and oxygen atoms in total. The lowest BCUT2D eigenvalue weighted by atomic mass is 10.0. The molecular formula is C36H25NS. The average Bonchev–Trinajstić information content (AvgIpc) is 3.38. The third-order valence-electron chi connectivity index (χ3n) is 7.07. The van der Waals surface area contributed by atoms with Gasteiger partial charge in [-0.05, 0) is 64.7 Å². The highest BCUT2D eigenvalue weighted by molar-refractivity contribution is 7.26. The molecule has 1 aromatic heterocycles. The Bertz CT molecular complexity index is 1850. The van der Waals surface area contributed by atoms with E-state index in [9.17, 15) is 0 Å². The van der Waals surface area contributed by atoms with Crippen LogP contribution in [0.5, 0.6) is 0 Å². The van der Waals surface area contributed by atoms with E-state index in [0.717, 1.165) is 17.1 Å². The Morgan fingerprint density at radius 1 is 0.395 bits per heavy atom. The van der Waals surface area contributed by atoms with Crippen molar-refractivity contribution in [3.8, 4) is 22.3 Å². The van der Waals surface area contributed by atoms with Crippen LogP contribution >= 0.6 is 11.3 Å². The predicted octanol–water partition coefficient (Wildman–Crippen LogP) is 10.9. The van der Waals surface area contributed by atoms with Gasteiger partial charge in [-0.3, -0.25) is 0 Å². The van der Waals surface area contributed by atoms with Crippen LogP contribution in [0, 0.1) is 0 Å². The lowest BCUT2D eigenvalue weighted by Gasteiger charge is -2.26. The minimum atomic E-state index is 1.13. The third kappa shape index (κ3) is 4.06. The lowest BCUT2D eigenvalue weighted by molar-refractivity contribution is 1.28. The Morgan fingerprint density at radius 2 is 1.00 bits per heavy atom. The van der Waals surface area contributed by atoms with Gasteiger partial charge in [0, 0.05) is 37.2 Å². The van der Waals surface area contributed by atoms with Crippen molar-refractivity contribution in [3.05, 3.63) is 152 Å². The summed E-state index contributed by atoms with van der Waals surface area (Å²) in [7, 11) is 0. The number of rotatable bonds is 5. The van der Waals surface area contributed by atoms with Gasteiger partial charge in [-0.25, -0.2) is 0 Å². The van der Waals surface area contributed by atoms with Gasteiger partial charge < -0.3 is 4.90 Å². The van der Waals surface area contributed by atoms with E-state index in [-0.39, 0.29) is 0 Å². The molecule has 180 valence electrons. The monoisotopic (exact) mass is 503 g/mol. The van der Waals surface area contributed by atoms with Gasteiger partial charge in [0.2, 0.25) is 0 Å². The minimum absolute atomic E-state index is 1.13. The molecule has 0 aliphatic rings. The van der Waals surface area contributed by atoms with Crippen molar-refractivity contribution in [3.63, 3.8) is 0 Å². The van der Waals surface area contributed by atoms with Gasteiger partial charge in [0.15, 0.2) is 0 Å². The molecule has 7 rings (SSSR count).